The Morgan fingerprint density at radius 2 is 1.63 bits per heavy atom. The summed E-state index contributed by atoms with van der Waals surface area (Å²) < 4.78 is 55.9. The van der Waals surface area contributed by atoms with E-state index in [1.54, 1.807) is 18.2 Å². The molecule has 276 valence electrons. The lowest BCUT2D eigenvalue weighted by Gasteiger charge is -2.29. The summed E-state index contributed by atoms with van der Waals surface area (Å²) >= 11 is 6.99. The third-order valence-corrected chi connectivity index (χ3v) is 9.31. The minimum Gasteiger partial charge on any atom is -0.378 e. The molecule has 0 radical (unpaired) electrons. The number of nitrogens with one attached hydrogen (secondary N) is 3. The molecular formula is C35H41ClF3N5O6S. The molecule has 0 fully saturated rings. The van der Waals surface area contributed by atoms with Crippen molar-refractivity contribution in [1.82, 2.24) is 10.7 Å². The number of amides is 3. The molecule has 5 N–H and O–H groups in total. The fourth-order valence-electron chi connectivity index (χ4n) is 5.24. The van der Waals surface area contributed by atoms with Crippen molar-refractivity contribution in [2.45, 2.75) is 39.3 Å². The van der Waals surface area contributed by atoms with E-state index in [4.69, 9.17) is 31.5 Å². The summed E-state index contributed by atoms with van der Waals surface area (Å²) in [6.45, 7) is 7.32. The van der Waals surface area contributed by atoms with Crippen LogP contribution in [0.4, 0.5) is 18.2 Å². The first-order valence-corrected chi connectivity index (χ1v) is 17.5. The minimum atomic E-state index is -4.66. The van der Waals surface area contributed by atoms with Gasteiger partial charge in [0.25, 0.3) is 17.7 Å². The van der Waals surface area contributed by atoms with Crippen LogP contribution in [-0.4, -0.2) is 76.7 Å². The SMILES string of the molecule is CC1(C)CCc2c(sc(NC(=O)c3cccc(C(=O)NCCOCCOCCOCCN)c3)c2C(=O)N/N=C/c2ccc(Cl)c(C(F)(F)F)c2)C1. The first-order chi connectivity index (χ1) is 24.3. The van der Waals surface area contributed by atoms with Crippen LogP contribution in [0.2, 0.25) is 5.02 Å². The molecule has 1 aromatic heterocycles. The number of nitrogens with two attached hydrogens (primary N) is 1. The summed E-state index contributed by atoms with van der Waals surface area (Å²) in [5.41, 5.74) is 8.27. The Kier molecular flexibility index (Phi) is 14.5. The molecule has 0 spiro atoms. The number of hydrogen-bond donors (Lipinski definition) is 4. The second-order valence-electron chi connectivity index (χ2n) is 12.4. The van der Waals surface area contributed by atoms with Crippen LogP contribution in [0.3, 0.4) is 0 Å². The molecule has 11 nitrogen and oxygen atoms in total. The summed E-state index contributed by atoms with van der Waals surface area (Å²) in [4.78, 5) is 40.7. The number of anilines is 1. The number of rotatable bonds is 17. The number of carbonyl (C=O) groups excluding carboxylic acids is 3. The summed E-state index contributed by atoms with van der Waals surface area (Å²) in [6.07, 6.45) is -1.49. The van der Waals surface area contributed by atoms with Gasteiger partial charge in [-0.3, -0.25) is 14.4 Å². The molecule has 3 aromatic rings. The van der Waals surface area contributed by atoms with Gasteiger partial charge in [-0.1, -0.05) is 37.6 Å². The van der Waals surface area contributed by atoms with Gasteiger partial charge < -0.3 is 30.6 Å². The van der Waals surface area contributed by atoms with Crippen molar-refractivity contribution in [2.24, 2.45) is 16.3 Å². The van der Waals surface area contributed by atoms with Crippen molar-refractivity contribution < 1.29 is 41.8 Å². The molecule has 1 aliphatic rings. The van der Waals surface area contributed by atoms with Crippen molar-refractivity contribution >= 4 is 51.9 Å². The lowest BCUT2D eigenvalue weighted by molar-refractivity contribution is -0.137. The van der Waals surface area contributed by atoms with Gasteiger partial charge in [-0.05, 0) is 66.1 Å². The lowest BCUT2D eigenvalue weighted by atomic mass is 9.77. The van der Waals surface area contributed by atoms with Gasteiger partial charge in [0.15, 0.2) is 0 Å². The van der Waals surface area contributed by atoms with E-state index >= 15 is 0 Å². The molecule has 0 saturated carbocycles. The lowest BCUT2D eigenvalue weighted by Crippen LogP contribution is -2.28. The van der Waals surface area contributed by atoms with Crippen molar-refractivity contribution in [3.05, 3.63) is 85.7 Å². The summed E-state index contributed by atoms with van der Waals surface area (Å²) in [5.74, 6) is -1.55. The molecule has 4 rings (SSSR count). The number of hydrazone groups is 1. The van der Waals surface area contributed by atoms with Crippen LogP contribution < -0.4 is 21.8 Å². The summed E-state index contributed by atoms with van der Waals surface area (Å²) in [5, 5.41) is 9.33. The number of halogens is 4. The van der Waals surface area contributed by atoms with E-state index in [9.17, 15) is 27.6 Å². The summed E-state index contributed by atoms with van der Waals surface area (Å²) in [7, 11) is 0. The molecule has 0 atom stereocenters. The first kappa shape index (κ1) is 39.9. The Hall–Kier alpha value is -3.86. The minimum absolute atomic E-state index is 0.0177. The average Bonchev–Trinajstić information content (AvgIpc) is 3.43. The standard InChI is InChI=1S/C35H41ClF3N5O6S/c1-34(2)9-8-25-28(20-34)51-33(29(25)32(47)44-42-21-22-6-7-27(36)26(18-22)35(37,38)39)43-31(46)24-5-3-4-23(19-24)30(45)41-11-13-49-15-17-50-16-14-48-12-10-40/h3-7,18-19,21H,8-17,20,40H2,1-2H3,(H,41,45)(H,43,46)(H,44,47)/b42-21+. The summed E-state index contributed by atoms with van der Waals surface area (Å²) in [6, 6.07) is 9.45. The number of carbonyl (C=O) groups is 3. The number of alkyl halides is 3. The van der Waals surface area contributed by atoms with Crippen LogP contribution in [0.25, 0.3) is 0 Å². The molecule has 0 saturated heterocycles. The number of benzene rings is 2. The second-order valence-corrected chi connectivity index (χ2v) is 13.9. The maximum atomic E-state index is 13.5. The van der Waals surface area contributed by atoms with Crippen molar-refractivity contribution in [3.63, 3.8) is 0 Å². The number of fused-ring (bicyclic) bond motifs is 1. The van der Waals surface area contributed by atoms with E-state index in [2.05, 4.69) is 35.0 Å². The highest BCUT2D eigenvalue weighted by molar-refractivity contribution is 7.17. The highest BCUT2D eigenvalue weighted by atomic mass is 35.5. The van der Waals surface area contributed by atoms with Crippen LogP contribution in [0.5, 0.6) is 0 Å². The highest BCUT2D eigenvalue weighted by Gasteiger charge is 2.34. The van der Waals surface area contributed by atoms with Gasteiger partial charge in [-0.2, -0.15) is 18.3 Å². The van der Waals surface area contributed by atoms with Gasteiger partial charge in [0, 0.05) is 29.1 Å². The first-order valence-electron chi connectivity index (χ1n) is 16.3. The van der Waals surface area contributed by atoms with E-state index < -0.39 is 34.5 Å². The third-order valence-electron chi connectivity index (χ3n) is 7.84. The number of ether oxygens (including phenoxy) is 3. The Morgan fingerprint density at radius 3 is 2.31 bits per heavy atom. The zero-order valence-electron chi connectivity index (χ0n) is 28.3. The number of nitrogens with zero attached hydrogens (tertiary/aromatic N) is 1. The van der Waals surface area contributed by atoms with Gasteiger partial charge in [-0.15, -0.1) is 11.3 Å². The largest absolute Gasteiger partial charge is 0.417 e. The molecule has 1 heterocycles. The van der Waals surface area contributed by atoms with E-state index in [0.717, 1.165) is 35.2 Å². The zero-order chi connectivity index (χ0) is 37.0. The quantitative estimate of drug-likeness (QED) is 0.0786. The Balaban J connectivity index is 1.38. The van der Waals surface area contributed by atoms with Crippen LogP contribution >= 0.6 is 22.9 Å². The molecule has 2 aromatic carbocycles. The molecular weight excluding hydrogens is 711 g/mol. The maximum absolute atomic E-state index is 13.5. The smallest absolute Gasteiger partial charge is 0.378 e. The van der Waals surface area contributed by atoms with Crippen molar-refractivity contribution in [1.29, 1.82) is 0 Å². The predicted molar refractivity (Wildman–Crippen MR) is 190 cm³/mol. The van der Waals surface area contributed by atoms with E-state index in [-0.39, 0.29) is 40.8 Å². The van der Waals surface area contributed by atoms with Crippen LogP contribution in [0.1, 0.15) is 72.9 Å². The fraction of sp³-hybridized carbons (Fsp3) is 0.429. The highest BCUT2D eigenvalue weighted by Crippen LogP contribution is 2.44. The van der Waals surface area contributed by atoms with E-state index in [1.165, 1.54) is 23.5 Å². The van der Waals surface area contributed by atoms with Gasteiger partial charge in [-0.25, -0.2) is 5.43 Å². The number of thiophene rings is 1. The molecule has 0 aliphatic heterocycles. The zero-order valence-corrected chi connectivity index (χ0v) is 29.9. The Morgan fingerprint density at radius 1 is 0.961 bits per heavy atom. The van der Waals surface area contributed by atoms with E-state index in [0.29, 0.717) is 57.4 Å². The molecule has 0 bridgehead atoms. The Bertz CT molecular complexity index is 1720. The van der Waals surface area contributed by atoms with Crippen molar-refractivity contribution in [3.8, 4) is 0 Å². The van der Waals surface area contributed by atoms with Crippen LogP contribution in [-0.2, 0) is 33.2 Å². The van der Waals surface area contributed by atoms with Crippen molar-refractivity contribution in [2.75, 3.05) is 58.0 Å². The van der Waals surface area contributed by atoms with Crippen LogP contribution in [0, 0.1) is 5.41 Å². The third kappa shape index (κ3) is 11.8. The second kappa shape index (κ2) is 18.6. The van der Waals surface area contributed by atoms with Gasteiger partial charge in [0.1, 0.15) is 5.00 Å². The molecule has 16 heteroatoms. The van der Waals surface area contributed by atoms with Gasteiger partial charge >= 0.3 is 6.18 Å². The normalized spacial score (nSPS) is 13.9. The fourth-order valence-corrected chi connectivity index (χ4v) is 6.96. The topological polar surface area (TPSA) is 153 Å². The average molecular weight is 752 g/mol. The predicted octanol–water partition coefficient (Wildman–Crippen LogP) is 5.69. The van der Waals surface area contributed by atoms with Crippen LogP contribution in [0.15, 0.2) is 47.6 Å². The Labute approximate surface area is 303 Å². The maximum Gasteiger partial charge on any atom is 0.417 e. The molecule has 1 aliphatic carbocycles. The van der Waals surface area contributed by atoms with Gasteiger partial charge in [0.05, 0.1) is 62.0 Å². The number of hydrogen-bond acceptors (Lipinski definition) is 9. The monoisotopic (exact) mass is 751 g/mol. The van der Waals surface area contributed by atoms with E-state index in [1.807, 2.05) is 0 Å². The molecule has 3 amide bonds. The molecule has 0 unspecified atom stereocenters. The van der Waals surface area contributed by atoms with Gasteiger partial charge in [0.2, 0.25) is 0 Å². The molecule has 51 heavy (non-hydrogen) atoms.